The van der Waals surface area contributed by atoms with E-state index in [-0.39, 0.29) is 24.3 Å². The van der Waals surface area contributed by atoms with Crippen LogP contribution in [-0.2, 0) is 9.59 Å². The van der Waals surface area contributed by atoms with Crippen molar-refractivity contribution in [2.24, 2.45) is 0 Å². The van der Waals surface area contributed by atoms with Gasteiger partial charge in [-0.25, -0.2) is 14.3 Å². The molecule has 5 rings (SSSR count). The van der Waals surface area contributed by atoms with E-state index in [0.717, 1.165) is 42.5 Å². The fourth-order valence-corrected chi connectivity index (χ4v) is 4.36. The molecule has 0 unspecified atom stereocenters. The highest BCUT2D eigenvalue weighted by Crippen LogP contribution is 2.40. The van der Waals surface area contributed by atoms with Gasteiger partial charge in [0.05, 0.1) is 5.69 Å². The zero-order valence-electron chi connectivity index (χ0n) is 17.9. The summed E-state index contributed by atoms with van der Waals surface area (Å²) < 4.78 is 14.9. The number of rotatable bonds is 4. The van der Waals surface area contributed by atoms with Gasteiger partial charge in [-0.1, -0.05) is 24.3 Å². The molecule has 2 fully saturated rings. The van der Waals surface area contributed by atoms with Crippen molar-refractivity contribution in [2.45, 2.75) is 12.8 Å². The lowest BCUT2D eigenvalue weighted by atomic mass is 9.97. The summed E-state index contributed by atoms with van der Waals surface area (Å²) in [6.07, 6.45) is 1.90. The zero-order chi connectivity index (χ0) is 22.9. The first-order chi connectivity index (χ1) is 16.0. The van der Waals surface area contributed by atoms with E-state index in [1.807, 2.05) is 18.2 Å². The molecule has 2 aliphatic heterocycles. The molecule has 0 aliphatic carbocycles. The van der Waals surface area contributed by atoms with Gasteiger partial charge in [0.15, 0.2) is 0 Å². The average molecular weight is 446 g/mol. The van der Waals surface area contributed by atoms with Crippen LogP contribution in [0.3, 0.4) is 0 Å². The molecule has 3 heterocycles. The summed E-state index contributed by atoms with van der Waals surface area (Å²) >= 11 is 0. The SMILES string of the molecule is O=C1CCC(=O)N1c1ccc(-c2cccc(-c3ccnc(N4CCNCC4)c3)c2O)cc1F. The molecule has 0 saturated carbocycles. The monoisotopic (exact) mass is 446 g/mol. The van der Waals surface area contributed by atoms with Crippen LogP contribution in [0, 0.1) is 5.82 Å². The maximum atomic E-state index is 14.9. The molecule has 2 aromatic carbocycles. The number of carbonyl (C=O) groups is 2. The molecule has 2 saturated heterocycles. The Morgan fingerprint density at radius 2 is 1.58 bits per heavy atom. The molecule has 2 N–H and O–H groups in total. The van der Waals surface area contributed by atoms with Crippen LogP contribution >= 0.6 is 0 Å². The van der Waals surface area contributed by atoms with Gasteiger partial charge in [0.1, 0.15) is 17.4 Å². The van der Waals surface area contributed by atoms with Gasteiger partial charge in [-0.05, 0) is 35.4 Å². The van der Waals surface area contributed by atoms with E-state index < -0.39 is 17.6 Å². The highest BCUT2D eigenvalue weighted by Gasteiger charge is 2.32. The lowest BCUT2D eigenvalue weighted by Crippen LogP contribution is -2.43. The minimum Gasteiger partial charge on any atom is -0.507 e. The second-order valence-corrected chi connectivity index (χ2v) is 8.13. The fraction of sp³-hybridized carbons (Fsp3) is 0.240. The fourth-order valence-electron chi connectivity index (χ4n) is 4.36. The minimum absolute atomic E-state index is 0.0236. The van der Waals surface area contributed by atoms with E-state index >= 15 is 0 Å². The van der Waals surface area contributed by atoms with Crippen LogP contribution in [0.4, 0.5) is 15.9 Å². The van der Waals surface area contributed by atoms with Crippen molar-refractivity contribution in [2.75, 3.05) is 36.0 Å². The van der Waals surface area contributed by atoms with Crippen LogP contribution in [0.5, 0.6) is 5.75 Å². The molecule has 2 aliphatic rings. The molecule has 8 heteroatoms. The third-order valence-corrected chi connectivity index (χ3v) is 6.08. The number of anilines is 2. The summed E-state index contributed by atoms with van der Waals surface area (Å²) in [5, 5.41) is 14.4. The molecule has 0 atom stereocenters. The molecular formula is C25H23FN4O3. The molecular weight excluding hydrogens is 423 g/mol. The van der Waals surface area contributed by atoms with Gasteiger partial charge < -0.3 is 15.3 Å². The largest absolute Gasteiger partial charge is 0.507 e. The molecule has 0 bridgehead atoms. The Balaban J connectivity index is 1.49. The number of phenols is 1. The van der Waals surface area contributed by atoms with E-state index in [1.54, 1.807) is 24.4 Å². The molecule has 1 aromatic heterocycles. The zero-order valence-corrected chi connectivity index (χ0v) is 17.9. The number of nitrogens with zero attached hydrogens (tertiary/aromatic N) is 3. The molecule has 168 valence electrons. The Morgan fingerprint density at radius 3 is 2.24 bits per heavy atom. The summed E-state index contributed by atoms with van der Waals surface area (Å²) in [6, 6.07) is 13.3. The first-order valence-corrected chi connectivity index (χ1v) is 10.9. The molecule has 7 nitrogen and oxygen atoms in total. The van der Waals surface area contributed by atoms with Crippen molar-refractivity contribution >= 4 is 23.3 Å². The highest BCUT2D eigenvalue weighted by molar-refractivity contribution is 6.19. The number of nitrogens with one attached hydrogen (secondary N) is 1. The number of aromatic hydroxyl groups is 1. The Kier molecular flexibility index (Phi) is 5.51. The topological polar surface area (TPSA) is 85.8 Å². The van der Waals surface area contributed by atoms with Gasteiger partial charge in [0, 0.05) is 56.3 Å². The summed E-state index contributed by atoms with van der Waals surface area (Å²) in [7, 11) is 0. The minimum atomic E-state index is -0.689. The number of aromatic nitrogens is 1. The number of phenolic OH excluding ortho intramolecular Hbond substituents is 1. The van der Waals surface area contributed by atoms with E-state index in [9.17, 15) is 19.1 Å². The number of hydrogen-bond acceptors (Lipinski definition) is 6. The van der Waals surface area contributed by atoms with Gasteiger partial charge in [0.25, 0.3) is 0 Å². The summed E-state index contributed by atoms with van der Waals surface area (Å²) in [4.78, 5) is 31.5. The number of benzene rings is 2. The van der Waals surface area contributed by atoms with Gasteiger partial charge in [-0.3, -0.25) is 9.59 Å². The maximum absolute atomic E-state index is 14.9. The lowest BCUT2D eigenvalue weighted by molar-refractivity contribution is -0.121. The van der Waals surface area contributed by atoms with Crippen LogP contribution < -0.4 is 15.1 Å². The standard InChI is InChI=1S/C25H23FN4O3/c26-20-14-16(4-5-21(20)30-23(31)6-7-24(30)32)18-2-1-3-19(25(18)33)17-8-9-28-22(15-17)29-12-10-27-11-13-29/h1-5,8-9,14-15,27,33H,6-7,10-13H2. The Labute approximate surface area is 190 Å². The predicted molar refractivity (Wildman–Crippen MR) is 124 cm³/mol. The quantitative estimate of drug-likeness (QED) is 0.598. The summed E-state index contributed by atoms with van der Waals surface area (Å²) in [6.45, 7) is 3.50. The first-order valence-electron chi connectivity index (χ1n) is 10.9. The predicted octanol–water partition coefficient (Wildman–Crippen LogP) is 3.32. The van der Waals surface area contributed by atoms with E-state index in [1.165, 1.54) is 12.1 Å². The third kappa shape index (κ3) is 3.93. The van der Waals surface area contributed by atoms with E-state index in [4.69, 9.17) is 0 Å². The number of para-hydroxylation sites is 1. The van der Waals surface area contributed by atoms with Gasteiger partial charge in [0.2, 0.25) is 11.8 Å². The Hall–Kier alpha value is -3.78. The number of imide groups is 1. The van der Waals surface area contributed by atoms with Crippen molar-refractivity contribution in [3.63, 3.8) is 0 Å². The Bertz CT molecular complexity index is 1220. The van der Waals surface area contributed by atoms with Crippen LogP contribution in [0.2, 0.25) is 0 Å². The highest BCUT2D eigenvalue weighted by atomic mass is 19.1. The first kappa shape index (κ1) is 21.1. The van der Waals surface area contributed by atoms with Crippen LogP contribution in [0.15, 0.2) is 54.7 Å². The van der Waals surface area contributed by atoms with Gasteiger partial charge in [-0.2, -0.15) is 0 Å². The summed E-state index contributed by atoms with van der Waals surface area (Å²) in [5.41, 5.74) is 2.27. The molecule has 3 aromatic rings. The third-order valence-electron chi connectivity index (χ3n) is 6.08. The van der Waals surface area contributed by atoms with Crippen LogP contribution in [-0.4, -0.2) is 48.1 Å². The molecule has 33 heavy (non-hydrogen) atoms. The number of amides is 2. The van der Waals surface area contributed by atoms with Crippen molar-refractivity contribution in [3.05, 3.63) is 60.5 Å². The maximum Gasteiger partial charge on any atom is 0.234 e. The molecule has 0 spiro atoms. The normalized spacial score (nSPS) is 16.5. The van der Waals surface area contributed by atoms with Crippen LogP contribution in [0.1, 0.15) is 12.8 Å². The van der Waals surface area contributed by atoms with E-state index in [0.29, 0.717) is 16.7 Å². The van der Waals surface area contributed by atoms with E-state index in [2.05, 4.69) is 15.2 Å². The van der Waals surface area contributed by atoms with Gasteiger partial charge in [-0.15, -0.1) is 0 Å². The van der Waals surface area contributed by atoms with Gasteiger partial charge >= 0.3 is 0 Å². The number of carbonyl (C=O) groups excluding carboxylic acids is 2. The number of pyridine rings is 1. The van der Waals surface area contributed by atoms with Crippen molar-refractivity contribution in [1.82, 2.24) is 10.3 Å². The number of piperazine rings is 1. The number of halogens is 1. The average Bonchev–Trinajstić information content (AvgIpc) is 3.17. The Morgan fingerprint density at radius 1 is 0.909 bits per heavy atom. The molecule has 0 radical (unpaired) electrons. The second-order valence-electron chi connectivity index (χ2n) is 8.13. The lowest BCUT2D eigenvalue weighted by Gasteiger charge is -2.28. The van der Waals surface area contributed by atoms with Crippen molar-refractivity contribution in [3.8, 4) is 28.0 Å². The smallest absolute Gasteiger partial charge is 0.234 e. The van der Waals surface area contributed by atoms with Crippen molar-refractivity contribution < 1.29 is 19.1 Å². The van der Waals surface area contributed by atoms with Crippen molar-refractivity contribution in [1.29, 1.82) is 0 Å². The number of hydrogen-bond donors (Lipinski definition) is 2. The van der Waals surface area contributed by atoms with Crippen LogP contribution in [0.25, 0.3) is 22.3 Å². The summed E-state index contributed by atoms with van der Waals surface area (Å²) in [5.74, 6) is -0.640. The second kappa shape index (κ2) is 8.63. The molecule has 2 amide bonds.